The Bertz CT molecular complexity index is 946. The van der Waals surface area contributed by atoms with Crippen LogP contribution in [0, 0.1) is 0 Å². The lowest BCUT2D eigenvalue weighted by atomic mass is 10.1. The molecule has 3 heterocycles. The molecule has 3 aromatic heterocycles. The van der Waals surface area contributed by atoms with Crippen LogP contribution >= 0.6 is 0 Å². The van der Waals surface area contributed by atoms with Gasteiger partial charge in [0, 0.05) is 35.3 Å². The van der Waals surface area contributed by atoms with Gasteiger partial charge < -0.3 is 4.74 Å². The zero-order valence-corrected chi connectivity index (χ0v) is 12.7. The van der Waals surface area contributed by atoms with Crippen molar-refractivity contribution in [1.29, 1.82) is 0 Å². The second-order valence-electron chi connectivity index (χ2n) is 5.26. The van der Waals surface area contributed by atoms with Gasteiger partial charge in [-0.25, -0.2) is 4.52 Å². The first-order chi connectivity index (χ1) is 11.4. The molecular weight excluding hydrogens is 286 g/mol. The molecule has 4 rings (SSSR count). The maximum atomic E-state index is 5.63. The quantitative estimate of drug-likeness (QED) is 0.572. The fourth-order valence-electron chi connectivity index (χ4n) is 2.76. The Morgan fingerprint density at radius 2 is 1.74 bits per heavy atom. The van der Waals surface area contributed by atoms with Crippen molar-refractivity contribution in [3.8, 4) is 28.0 Å². The number of ether oxygens (including phenoxy) is 1. The van der Waals surface area contributed by atoms with Crippen LogP contribution in [0.25, 0.3) is 27.8 Å². The minimum atomic E-state index is 0.794. The predicted molar refractivity (Wildman–Crippen MR) is 90.4 cm³/mol. The minimum absolute atomic E-state index is 0.794. The zero-order chi connectivity index (χ0) is 15.6. The van der Waals surface area contributed by atoms with E-state index in [0.717, 1.165) is 33.5 Å². The number of nitrogens with zero attached hydrogens (tertiary/aromatic N) is 3. The van der Waals surface area contributed by atoms with Crippen LogP contribution in [0.2, 0.25) is 0 Å². The van der Waals surface area contributed by atoms with Gasteiger partial charge in [-0.2, -0.15) is 5.10 Å². The molecular formula is C19H15N3O. The molecule has 4 heteroatoms. The Morgan fingerprint density at radius 3 is 2.48 bits per heavy atom. The number of aromatic nitrogens is 3. The molecule has 0 saturated heterocycles. The minimum Gasteiger partial charge on any atom is -0.494 e. The third-order valence-electron chi connectivity index (χ3n) is 3.88. The maximum absolute atomic E-state index is 5.63. The first kappa shape index (κ1) is 13.5. The van der Waals surface area contributed by atoms with Gasteiger partial charge in [-0.05, 0) is 17.7 Å². The van der Waals surface area contributed by atoms with E-state index < -0.39 is 0 Å². The van der Waals surface area contributed by atoms with Crippen LogP contribution in [-0.4, -0.2) is 21.7 Å². The number of rotatable bonds is 3. The van der Waals surface area contributed by atoms with E-state index in [1.54, 1.807) is 13.3 Å². The Morgan fingerprint density at radius 1 is 0.913 bits per heavy atom. The van der Waals surface area contributed by atoms with Crippen molar-refractivity contribution in [2.45, 2.75) is 0 Å². The second-order valence-corrected chi connectivity index (χ2v) is 5.26. The number of hydrogen-bond acceptors (Lipinski definition) is 3. The predicted octanol–water partition coefficient (Wildman–Crippen LogP) is 4.07. The molecule has 0 radical (unpaired) electrons. The number of pyridine rings is 2. The molecule has 0 fully saturated rings. The Hall–Kier alpha value is -3.14. The molecule has 0 aliphatic heterocycles. The van der Waals surface area contributed by atoms with Crippen molar-refractivity contribution in [2.75, 3.05) is 7.11 Å². The van der Waals surface area contributed by atoms with Gasteiger partial charge in [-0.1, -0.05) is 36.4 Å². The second kappa shape index (κ2) is 5.57. The van der Waals surface area contributed by atoms with E-state index in [9.17, 15) is 0 Å². The van der Waals surface area contributed by atoms with Gasteiger partial charge in [0.2, 0.25) is 0 Å². The van der Waals surface area contributed by atoms with Crippen molar-refractivity contribution in [3.63, 3.8) is 0 Å². The molecule has 0 spiro atoms. The van der Waals surface area contributed by atoms with Crippen LogP contribution < -0.4 is 4.74 Å². The SMILES string of the molecule is COc1cc(-c2ccccc2)cn2ncc(-c3cccnc3)c12. The normalized spacial score (nSPS) is 10.8. The summed E-state index contributed by atoms with van der Waals surface area (Å²) in [7, 11) is 1.68. The molecule has 0 N–H and O–H groups in total. The highest BCUT2D eigenvalue weighted by Crippen LogP contribution is 2.34. The molecule has 4 nitrogen and oxygen atoms in total. The summed E-state index contributed by atoms with van der Waals surface area (Å²) in [6.45, 7) is 0. The average Bonchev–Trinajstić information content (AvgIpc) is 3.06. The van der Waals surface area contributed by atoms with E-state index in [1.165, 1.54) is 0 Å². The summed E-state index contributed by atoms with van der Waals surface area (Å²) in [6.07, 6.45) is 7.47. The topological polar surface area (TPSA) is 39.4 Å². The number of benzene rings is 1. The maximum Gasteiger partial charge on any atom is 0.145 e. The smallest absolute Gasteiger partial charge is 0.145 e. The van der Waals surface area contributed by atoms with Gasteiger partial charge in [0.1, 0.15) is 11.3 Å². The van der Waals surface area contributed by atoms with E-state index >= 15 is 0 Å². The van der Waals surface area contributed by atoms with Crippen LogP contribution in [0.15, 0.2) is 73.3 Å². The lowest BCUT2D eigenvalue weighted by Crippen LogP contribution is -1.94. The van der Waals surface area contributed by atoms with Gasteiger partial charge >= 0.3 is 0 Å². The summed E-state index contributed by atoms with van der Waals surface area (Å²) >= 11 is 0. The molecule has 112 valence electrons. The summed E-state index contributed by atoms with van der Waals surface area (Å²) < 4.78 is 7.49. The van der Waals surface area contributed by atoms with Crippen LogP contribution in [0.3, 0.4) is 0 Å². The summed E-state index contributed by atoms with van der Waals surface area (Å²) in [5, 5.41) is 4.50. The summed E-state index contributed by atoms with van der Waals surface area (Å²) in [6, 6.07) is 16.2. The van der Waals surface area contributed by atoms with Crippen molar-refractivity contribution < 1.29 is 4.74 Å². The fraction of sp³-hybridized carbons (Fsp3) is 0.0526. The summed E-state index contributed by atoms with van der Waals surface area (Å²) in [5.74, 6) is 0.794. The van der Waals surface area contributed by atoms with Crippen LogP contribution in [0.1, 0.15) is 0 Å². The van der Waals surface area contributed by atoms with Crippen LogP contribution in [-0.2, 0) is 0 Å². The molecule has 0 aliphatic rings. The van der Waals surface area contributed by atoms with Gasteiger partial charge in [0.05, 0.1) is 13.3 Å². The zero-order valence-electron chi connectivity index (χ0n) is 12.7. The first-order valence-corrected chi connectivity index (χ1v) is 7.38. The third-order valence-corrected chi connectivity index (χ3v) is 3.88. The fourth-order valence-corrected chi connectivity index (χ4v) is 2.76. The highest BCUT2D eigenvalue weighted by atomic mass is 16.5. The number of hydrogen-bond donors (Lipinski definition) is 0. The average molecular weight is 301 g/mol. The molecule has 0 unspecified atom stereocenters. The first-order valence-electron chi connectivity index (χ1n) is 7.38. The van der Waals surface area contributed by atoms with Crippen molar-refractivity contribution in [2.24, 2.45) is 0 Å². The Labute approximate surface area is 134 Å². The highest BCUT2D eigenvalue weighted by Gasteiger charge is 2.14. The van der Waals surface area contributed by atoms with Gasteiger partial charge in [-0.3, -0.25) is 4.98 Å². The molecule has 0 aliphatic carbocycles. The summed E-state index contributed by atoms with van der Waals surface area (Å²) in [5.41, 5.74) is 5.17. The van der Waals surface area contributed by atoms with E-state index in [-0.39, 0.29) is 0 Å². The molecule has 0 amide bonds. The van der Waals surface area contributed by atoms with Crippen LogP contribution in [0.4, 0.5) is 0 Å². The van der Waals surface area contributed by atoms with E-state index in [2.05, 4.69) is 22.2 Å². The molecule has 23 heavy (non-hydrogen) atoms. The number of fused-ring (bicyclic) bond motifs is 1. The van der Waals surface area contributed by atoms with E-state index in [0.29, 0.717) is 0 Å². The van der Waals surface area contributed by atoms with Crippen molar-refractivity contribution in [3.05, 3.63) is 73.3 Å². The highest BCUT2D eigenvalue weighted by molar-refractivity contribution is 5.86. The van der Waals surface area contributed by atoms with Crippen LogP contribution in [0.5, 0.6) is 5.75 Å². The van der Waals surface area contributed by atoms with Gasteiger partial charge in [-0.15, -0.1) is 0 Å². The Balaban J connectivity index is 1.94. The molecule has 0 atom stereocenters. The van der Waals surface area contributed by atoms with Gasteiger partial charge in [0.15, 0.2) is 0 Å². The van der Waals surface area contributed by atoms with Crippen molar-refractivity contribution >= 4 is 5.52 Å². The standard InChI is InChI=1S/C19H15N3O/c1-23-18-10-16(14-6-3-2-4-7-14)13-22-19(18)17(12-21-22)15-8-5-9-20-11-15/h2-13H,1H3. The molecule has 0 saturated carbocycles. The third kappa shape index (κ3) is 2.34. The van der Waals surface area contributed by atoms with E-state index in [1.807, 2.05) is 59.5 Å². The number of methoxy groups -OCH3 is 1. The molecule has 0 bridgehead atoms. The lowest BCUT2D eigenvalue weighted by Gasteiger charge is -2.09. The van der Waals surface area contributed by atoms with Crippen molar-refractivity contribution in [1.82, 2.24) is 14.6 Å². The van der Waals surface area contributed by atoms with Gasteiger partial charge in [0.25, 0.3) is 0 Å². The largest absolute Gasteiger partial charge is 0.494 e. The monoisotopic (exact) mass is 301 g/mol. The summed E-state index contributed by atoms with van der Waals surface area (Å²) in [4.78, 5) is 4.19. The molecule has 1 aromatic carbocycles. The Kier molecular flexibility index (Phi) is 3.27. The molecule has 4 aromatic rings. The van der Waals surface area contributed by atoms with E-state index in [4.69, 9.17) is 4.74 Å². The lowest BCUT2D eigenvalue weighted by molar-refractivity contribution is 0.418.